The number of phosphoric ester groups is 1. The monoisotopic (exact) mass is 688 g/mol. The number of esters is 2. The van der Waals surface area contributed by atoms with Gasteiger partial charge in [0.1, 0.15) is 12.7 Å². The fraction of sp³-hybridized carbons (Fsp3) is 0.941. The molecule has 0 aliphatic carbocycles. The minimum Gasteiger partial charge on any atom is -0.756 e. The van der Waals surface area contributed by atoms with Gasteiger partial charge in [0.25, 0.3) is 7.82 Å². The van der Waals surface area contributed by atoms with E-state index < -0.39 is 51.8 Å². The number of carbonyl (C=O) groups excluding carboxylic acids is 2. The summed E-state index contributed by atoms with van der Waals surface area (Å²) in [6, 6.07) is 0. The molecule has 0 aliphatic heterocycles. The second kappa shape index (κ2) is 34.8. The first-order valence-corrected chi connectivity index (χ1v) is 19.4. The molecule has 0 heterocycles. The SMILES string of the molecule is CCCCCCCCCCCCCC(=O)OCC(COP(=O)([O-])OCC(O)CO)OC(=O)CCCCCCCCCCCCC.[Na+]. The predicted octanol–water partition coefficient (Wildman–Crippen LogP) is 4.70. The molecular formula is C34H66NaO10P. The number of aliphatic hydroxyl groups is 2. The molecule has 0 rings (SSSR count). The van der Waals surface area contributed by atoms with E-state index in [1.807, 2.05) is 0 Å². The normalized spacial score (nSPS) is 13.8. The number of aliphatic hydroxyl groups excluding tert-OH is 2. The first kappa shape index (κ1) is 48.1. The van der Waals surface area contributed by atoms with Crippen molar-refractivity contribution in [2.45, 2.75) is 180 Å². The summed E-state index contributed by atoms with van der Waals surface area (Å²) in [5.41, 5.74) is 0. The molecule has 0 saturated heterocycles. The summed E-state index contributed by atoms with van der Waals surface area (Å²) >= 11 is 0. The van der Waals surface area contributed by atoms with E-state index in [4.69, 9.17) is 19.1 Å². The van der Waals surface area contributed by atoms with Crippen molar-refractivity contribution in [1.29, 1.82) is 0 Å². The van der Waals surface area contributed by atoms with Gasteiger partial charge in [-0.15, -0.1) is 0 Å². The van der Waals surface area contributed by atoms with Crippen LogP contribution in [0.1, 0.15) is 168 Å². The van der Waals surface area contributed by atoms with E-state index in [0.717, 1.165) is 38.5 Å². The number of rotatable bonds is 34. The summed E-state index contributed by atoms with van der Waals surface area (Å²) in [6.45, 7) is 2.17. The molecule has 0 spiro atoms. The Morgan fingerprint density at radius 1 is 0.609 bits per heavy atom. The Balaban J connectivity index is 0. The topological polar surface area (TPSA) is 152 Å². The zero-order valence-corrected chi connectivity index (χ0v) is 32.5. The summed E-state index contributed by atoms with van der Waals surface area (Å²) in [7, 11) is -4.85. The summed E-state index contributed by atoms with van der Waals surface area (Å²) in [5.74, 6) is -0.955. The summed E-state index contributed by atoms with van der Waals surface area (Å²) in [5, 5.41) is 18.2. The quantitative estimate of drug-likeness (QED) is 0.0421. The maximum atomic E-state index is 12.5. The number of ether oxygens (including phenoxy) is 2. The van der Waals surface area contributed by atoms with Gasteiger partial charge in [-0.25, -0.2) is 0 Å². The van der Waals surface area contributed by atoms with Crippen LogP contribution in [0.3, 0.4) is 0 Å². The molecule has 268 valence electrons. The molecule has 3 unspecified atom stereocenters. The molecule has 0 radical (unpaired) electrons. The van der Waals surface area contributed by atoms with Gasteiger partial charge in [0, 0.05) is 12.8 Å². The van der Waals surface area contributed by atoms with Gasteiger partial charge >= 0.3 is 41.5 Å². The third-order valence-corrected chi connectivity index (χ3v) is 8.68. The van der Waals surface area contributed by atoms with Gasteiger partial charge < -0.3 is 33.6 Å². The average molecular weight is 689 g/mol. The standard InChI is InChI=1S/C34H67O10P.Na/c1-3-5-7-9-11-13-15-17-19-21-23-25-33(37)41-29-32(30-43-45(39,40)42-28-31(36)27-35)44-34(38)26-24-22-20-18-16-14-12-10-8-6-4-2;/h31-32,35-36H,3-30H2,1-2H3,(H,39,40);/q;+1/p-1. The first-order chi connectivity index (χ1) is 21.7. The average Bonchev–Trinajstić information content (AvgIpc) is 3.02. The molecule has 0 bridgehead atoms. The molecular weight excluding hydrogens is 622 g/mol. The molecule has 0 aromatic heterocycles. The van der Waals surface area contributed by atoms with Crippen molar-refractivity contribution in [2.24, 2.45) is 0 Å². The molecule has 0 aliphatic rings. The smallest absolute Gasteiger partial charge is 0.756 e. The number of hydrogen-bond donors (Lipinski definition) is 2. The molecule has 0 aromatic carbocycles. The summed E-state index contributed by atoms with van der Waals surface area (Å²) in [4.78, 5) is 36.8. The van der Waals surface area contributed by atoms with Gasteiger partial charge in [0.2, 0.25) is 0 Å². The van der Waals surface area contributed by atoms with E-state index in [-0.39, 0.29) is 49.0 Å². The van der Waals surface area contributed by atoms with E-state index in [9.17, 15) is 24.2 Å². The Morgan fingerprint density at radius 2 is 0.978 bits per heavy atom. The van der Waals surface area contributed by atoms with Gasteiger partial charge in [0.15, 0.2) is 6.10 Å². The Morgan fingerprint density at radius 3 is 1.39 bits per heavy atom. The van der Waals surface area contributed by atoms with Crippen LogP contribution < -0.4 is 34.5 Å². The molecule has 0 amide bonds. The van der Waals surface area contributed by atoms with Crippen LogP contribution in [0.2, 0.25) is 0 Å². The van der Waals surface area contributed by atoms with E-state index in [2.05, 4.69) is 18.4 Å². The third-order valence-electron chi connectivity index (χ3n) is 7.75. The molecule has 0 fully saturated rings. The van der Waals surface area contributed by atoms with Crippen LogP contribution >= 0.6 is 7.82 Å². The molecule has 3 atom stereocenters. The first-order valence-electron chi connectivity index (χ1n) is 18.0. The van der Waals surface area contributed by atoms with Gasteiger partial charge in [0.05, 0.1) is 19.8 Å². The van der Waals surface area contributed by atoms with Crippen molar-refractivity contribution in [2.75, 3.05) is 26.4 Å². The Bertz CT molecular complexity index is 743. The largest absolute Gasteiger partial charge is 1.00 e. The van der Waals surface area contributed by atoms with Crippen LogP contribution in [-0.2, 0) is 32.7 Å². The van der Waals surface area contributed by atoms with Crippen LogP contribution in [0.15, 0.2) is 0 Å². The van der Waals surface area contributed by atoms with Crippen molar-refractivity contribution in [3.05, 3.63) is 0 Å². The number of unbranched alkanes of at least 4 members (excludes halogenated alkanes) is 20. The van der Waals surface area contributed by atoms with Crippen molar-refractivity contribution in [3.63, 3.8) is 0 Å². The molecule has 46 heavy (non-hydrogen) atoms. The van der Waals surface area contributed by atoms with E-state index in [1.165, 1.54) is 89.9 Å². The minimum absolute atomic E-state index is 0. The Kier molecular flexibility index (Phi) is 36.4. The Hall–Kier alpha value is -0.0300. The zero-order valence-electron chi connectivity index (χ0n) is 29.6. The second-order valence-corrected chi connectivity index (χ2v) is 13.7. The van der Waals surface area contributed by atoms with Crippen molar-refractivity contribution >= 4 is 19.8 Å². The third kappa shape index (κ3) is 33.9. The van der Waals surface area contributed by atoms with Crippen LogP contribution in [0.4, 0.5) is 0 Å². The zero-order chi connectivity index (χ0) is 33.4. The molecule has 2 N–H and O–H groups in total. The summed E-state index contributed by atoms with van der Waals surface area (Å²) < 4.78 is 32.1. The van der Waals surface area contributed by atoms with Crippen LogP contribution in [0.5, 0.6) is 0 Å². The van der Waals surface area contributed by atoms with Crippen LogP contribution in [0, 0.1) is 0 Å². The van der Waals surface area contributed by atoms with Gasteiger partial charge in [-0.05, 0) is 12.8 Å². The van der Waals surface area contributed by atoms with Crippen molar-refractivity contribution < 1.29 is 77.3 Å². The van der Waals surface area contributed by atoms with Crippen LogP contribution in [0.25, 0.3) is 0 Å². The van der Waals surface area contributed by atoms with E-state index in [0.29, 0.717) is 12.8 Å². The molecule has 10 nitrogen and oxygen atoms in total. The minimum atomic E-state index is -4.85. The van der Waals surface area contributed by atoms with Gasteiger partial charge in [-0.3, -0.25) is 14.2 Å². The number of carbonyl (C=O) groups is 2. The van der Waals surface area contributed by atoms with Gasteiger partial charge in [-0.1, -0.05) is 142 Å². The van der Waals surface area contributed by atoms with Crippen molar-refractivity contribution in [1.82, 2.24) is 0 Å². The fourth-order valence-corrected chi connectivity index (χ4v) is 5.71. The molecule has 0 aromatic rings. The maximum Gasteiger partial charge on any atom is 1.00 e. The van der Waals surface area contributed by atoms with Crippen molar-refractivity contribution in [3.8, 4) is 0 Å². The predicted molar refractivity (Wildman–Crippen MR) is 176 cm³/mol. The molecule has 0 saturated carbocycles. The van der Waals surface area contributed by atoms with Crippen LogP contribution in [-0.4, -0.2) is 60.8 Å². The number of phosphoric acid groups is 1. The van der Waals surface area contributed by atoms with E-state index >= 15 is 0 Å². The summed E-state index contributed by atoms with van der Waals surface area (Å²) in [6.07, 6.45) is 23.4. The number of hydrogen-bond acceptors (Lipinski definition) is 10. The maximum absolute atomic E-state index is 12.5. The second-order valence-electron chi connectivity index (χ2n) is 12.2. The fourth-order valence-electron chi connectivity index (χ4n) is 4.93. The Labute approximate surface area is 302 Å². The van der Waals surface area contributed by atoms with E-state index in [1.54, 1.807) is 0 Å². The van der Waals surface area contributed by atoms with Gasteiger partial charge in [-0.2, -0.15) is 0 Å². The molecule has 12 heteroatoms.